The largest absolute Gasteiger partial charge is 0.402 e. The van der Waals surface area contributed by atoms with Gasteiger partial charge in [0.05, 0.1) is 4.90 Å². The van der Waals surface area contributed by atoms with E-state index in [1.54, 1.807) is 6.92 Å². The minimum Gasteiger partial charge on any atom is -0.310 e. The molecule has 0 radical (unpaired) electrons. The third kappa shape index (κ3) is 5.24. The Morgan fingerprint density at radius 2 is 1.95 bits per heavy atom. The maximum atomic E-state index is 12.4. The summed E-state index contributed by atoms with van der Waals surface area (Å²) < 4.78 is 61.8. The van der Waals surface area contributed by atoms with E-state index in [1.807, 2.05) is 13.8 Å². The van der Waals surface area contributed by atoms with Crippen LogP contribution in [0.3, 0.4) is 0 Å². The van der Waals surface area contributed by atoms with Gasteiger partial charge in [-0.25, -0.2) is 8.42 Å². The third-order valence-electron chi connectivity index (χ3n) is 2.70. The first-order valence-corrected chi connectivity index (χ1v) is 8.55. The summed E-state index contributed by atoms with van der Waals surface area (Å²) in [6.07, 6.45) is -4.56. The molecular weight excluding hydrogens is 325 g/mol. The van der Waals surface area contributed by atoms with Crippen molar-refractivity contribution < 1.29 is 21.6 Å². The standard InChI is InChI=1S/C12H19F3N2O2S2/c1-8(2)16-6-10-5-11(9(3)20-10)21(18,19)17(4)7-12(13,14)15/h5,8,16H,6-7H2,1-4H3. The lowest BCUT2D eigenvalue weighted by molar-refractivity contribution is -0.134. The monoisotopic (exact) mass is 344 g/mol. The van der Waals surface area contributed by atoms with Crippen LogP contribution >= 0.6 is 11.3 Å². The molecule has 1 heterocycles. The van der Waals surface area contributed by atoms with Crippen LogP contribution in [0.5, 0.6) is 0 Å². The van der Waals surface area contributed by atoms with Crippen molar-refractivity contribution in [1.29, 1.82) is 0 Å². The Labute approximate surface area is 127 Å². The highest BCUT2D eigenvalue weighted by molar-refractivity contribution is 7.89. The molecule has 9 heteroatoms. The lowest BCUT2D eigenvalue weighted by Crippen LogP contribution is -2.35. The molecule has 0 bridgehead atoms. The summed E-state index contributed by atoms with van der Waals surface area (Å²) in [6, 6.07) is 1.68. The van der Waals surface area contributed by atoms with E-state index in [2.05, 4.69) is 5.32 Å². The van der Waals surface area contributed by atoms with Crippen LogP contribution < -0.4 is 5.32 Å². The predicted molar refractivity (Wildman–Crippen MR) is 76.9 cm³/mol. The zero-order valence-corrected chi connectivity index (χ0v) is 13.9. The fraction of sp³-hybridized carbons (Fsp3) is 0.667. The Kier molecular flexibility index (Phi) is 5.82. The van der Waals surface area contributed by atoms with Crippen LogP contribution in [0, 0.1) is 6.92 Å². The average molecular weight is 344 g/mol. The Morgan fingerprint density at radius 3 is 2.43 bits per heavy atom. The van der Waals surface area contributed by atoms with Gasteiger partial charge in [-0.15, -0.1) is 11.3 Å². The quantitative estimate of drug-likeness (QED) is 0.863. The molecule has 21 heavy (non-hydrogen) atoms. The smallest absolute Gasteiger partial charge is 0.310 e. The van der Waals surface area contributed by atoms with Gasteiger partial charge in [0.25, 0.3) is 0 Å². The van der Waals surface area contributed by atoms with Crippen molar-refractivity contribution in [2.45, 2.75) is 44.4 Å². The molecule has 0 aliphatic rings. The number of halogens is 3. The molecule has 0 atom stereocenters. The maximum Gasteiger partial charge on any atom is 0.402 e. The van der Waals surface area contributed by atoms with Crippen molar-refractivity contribution in [3.8, 4) is 0 Å². The fourth-order valence-corrected chi connectivity index (χ4v) is 4.38. The van der Waals surface area contributed by atoms with E-state index in [0.29, 0.717) is 15.7 Å². The number of sulfonamides is 1. The van der Waals surface area contributed by atoms with Crippen molar-refractivity contribution in [2.75, 3.05) is 13.6 Å². The number of nitrogens with zero attached hydrogens (tertiary/aromatic N) is 1. The summed E-state index contributed by atoms with van der Waals surface area (Å²) >= 11 is 1.27. The molecule has 1 aromatic rings. The highest BCUT2D eigenvalue weighted by Gasteiger charge is 2.35. The molecule has 0 spiro atoms. The first-order valence-electron chi connectivity index (χ1n) is 6.29. The number of thiophene rings is 1. The minimum atomic E-state index is -4.56. The topological polar surface area (TPSA) is 49.4 Å². The number of alkyl halides is 3. The number of aryl methyl sites for hydroxylation is 1. The van der Waals surface area contributed by atoms with Crippen molar-refractivity contribution in [3.63, 3.8) is 0 Å². The lowest BCUT2D eigenvalue weighted by Gasteiger charge is -2.18. The van der Waals surface area contributed by atoms with Crippen LogP contribution in [0.15, 0.2) is 11.0 Å². The Morgan fingerprint density at radius 1 is 1.38 bits per heavy atom. The molecule has 0 amide bonds. The molecule has 0 aliphatic heterocycles. The normalized spacial score (nSPS) is 13.4. The Hall–Kier alpha value is -0.640. The average Bonchev–Trinajstić information content (AvgIpc) is 2.66. The van der Waals surface area contributed by atoms with Crippen molar-refractivity contribution in [2.24, 2.45) is 0 Å². The lowest BCUT2D eigenvalue weighted by atomic mass is 10.3. The fourth-order valence-electron chi connectivity index (χ4n) is 1.68. The van der Waals surface area contributed by atoms with E-state index >= 15 is 0 Å². The second kappa shape index (κ2) is 6.64. The molecule has 4 nitrogen and oxygen atoms in total. The summed E-state index contributed by atoms with van der Waals surface area (Å²) in [5.41, 5.74) is 0. The Bertz CT molecular complexity index is 580. The van der Waals surface area contributed by atoms with E-state index in [1.165, 1.54) is 17.4 Å². The number of hydrogen-bond donors (Lipinski definition) is 1. The second-order valence-electron chi connectivity index (χ2n) is 5.05. The molecule has 1 rings (SSSR count). The van der Waals surface area contributed by atoms with Gasteiger partial charge < -0.3 is 5.32 Å². The van der Waals surface area contributed by atoms with Crippen LogP contribution in [-0.2, 0) is 16.6 Å². The maximum absolute atomic E-state index is 12.4. The summed E-state index contributed by atoms with van der Waals surface area (Å²) in [6.45, 7) is 4.49. The van der Waals surface area contributed by atoms with E-state index in [-0.39, 0.29) is 10.9 Å². The van der Waals surface area contributed by atoms with Gasteiger partial charge in [-0.3, -0.25) is 0 Å². The first kappa shape index (κ1) is 18.4. The summed E-state index contributed by atoms with van der Waals surface area (Å²) in [5, 5.41) is 3.14. The Balaban J connectivity index is 2.98. The highest BCUT2D eigenvalue weighted by atomic mass is 32.2. The molecule has 0 aliphatic carbocycles. The molecule has 0 fully saturated rings. The van der Waals surface area contributed by atoms with Gasteiger partial charge in [-0.1, -0.05) is 13.8 Å². The van der Waals surface area contributed by atoms with E-state index in [4.69, 9.17) is 0 Å². The van der Waals surface area contributed by atoms with Crippen LogP contribution in [0.4, 0.5) is 13.2 Å². The van der Waals surface area contributed by atoms with Crippen molar-refractivity contribution >= 4 is 21.4 Å². The molecule has 0 saturated carbocycles. The summed E-state index contributed by atoms with van der Waals surface area (Å²) in [5.74, 6) is 0. The first-order chi connectivity index (χ1) is 9.43. The van der Waals surface area contributed by atoms with Gasteiger partial charge in [0.2, 0.25) is 10.0 Å². The highest BCUT2D eigenvalue weighted by Crippen LogP contribution is 2.29. The molecule has 1 aromatic heterocycles. The van der Waals surface area contributed by atoms with Crippen LogP contribution in [0.1, 0.15) is 23.6 Å². The SMILES string of the molecule is Cc1sc(CNC(C)C)cc1S(=O)(=O)N(C)CC(F)(F)F. The minimum absolute atomic E-state index is 0.0557. The summed E-state index contributed by atoms with van der Waals surface area (Å²) in [4.78, 5) is 1.21. The number of nitrogens with one attached hydrogen (secondary N) is 1. The molecule has 1 N–H and O–H groups in total. The number of hydrogen-bond acceptors (Lipinski definition) is 4. The van der Waals surface area contributed by atoms with Gasteiger partial charge in [0, 0.05) is 29.4 Å². The van der Waals surface area contributed by atoms with E-state index in [0.717, 1.165) is 11.9 Å². The van der Waals surface area contributed by atoms with Crippen LogP contribution in [-0.4, -0.2) is 38.5 Å². The number of rotatable bonds is 6. The van der Waals surface area contributed by atoms with E-state index < -0.39 is 22.7 Å². The van der Waals surface area contributed by atoms with Crippen molar-refractivity contribution in [3.05, 3.63) is 15.8 Å². The molecule has 0 saturated heterocycles. The molecule has 122 valence electrons. The van der Waals surface area contributed by atoms with Gasteiger partial charge in [-0.2, -0.15) is 17.5 Å². The third-order valence-corrected chi connectivity index (χ3v) is 5.81. The summed E-state index contributed by atoms with van der Waals surface area (Å²) in [7, 11) is -3.19. The molecule has 0 unspecified atom stereocenters. The van der Waals surface area contributed by atoms with Gasteiger partial charge in [0.1, 0.15) is 6.54 Å². The van der Waals surface area contributed by atoms with Crippen LogP contribution in [0.2, 0.25) is 0 Å². The van der Waals surface area contributed by atoms with E-state index in [9.17, 15) is 21.6 Å². The molecular formula is C12H19F3N2O2S2. The predicted octanol–water partition coefficient (Wildman–Crippen LogP) is 2.74. The zero-order chi connectivity index (χ0) is 16.4. The van der Waals surface area contributed by atoms with Gasteiger partial charge >= 0.3 is 6.18 Å². The molecule has 0 aromatic carbocycles. The van der Waals surface area contributed by atoms with Gasteiger partial charge in [-0.05, 0) is 13.0 Å². The van der Waals surface area contributed by atoms with Crippen molar-refractivity contribution in [1.82, 2.24) is 9.62 Å². The van der Waals surface area contributed by atoms with Crippen LogP contribution in [0.25, 0.3) is 0 Å². The second-order valence-corrected chi connectivity index (χ2v) is 8.40. The zero-order valence-electron chi connectivity index (χ0n) is 12.3. The van der Waals surface area contributed by atoms with Gasteiger partial charge in [0.15, 0.2) is 0 Å².